The summed E-state index contributed by atoms with van der Waals surface area (Å²) in [7, 11) is 0. The van der Waals surface area contributed by atoms with Gasteiger partial charge in [-0.3, -0.25) is 4.79 Å². The molecule has 2 aromatic carbocycles. The lowest BCUT2D eigenvalue weighted by Crippen LogP contribution is -2.28. The molecule has 1 unspecified atom stereocenters. The van der Waals surface area contributed by atoms with E-state index in [9.17, 15) is 4.79 Å². The van der Waals surface area contributed by atoms with Crippen molar-refractivity contribution in [1.29, 1.82) is 5.26 Å². The van der Waals surface area contributed by atoms with Crippen LogP contribution >= 0.6 is 0 Å². The number of hydrogen-bond acceptors (Lipinski definition) is 6. The van der Waals surface area contributed by atoms with Gasteiger partial charge in [-0.25, -0.2) is 9.97 Å². The van der Waals surface area contributed by atoms with Crippen LogP contribution in [0.2, 0.25) is 0 Å². The Morgan fingerprint density at radius 1 is 1.04 bits per heavy atom. The molecule has 28 heavy (non-hydrogen) atoms. The van der Waals surface area contributed by atoms with Crippen molar-refractivity contribution in [2.75, 3.05) is 16.8 Å². The molecule has 7 nitrogen and oxygen atoms in total. The van der Waals surface area contributed by atoms with Gasteiger partial charge in [-0.1, -0.05) is 18.2 Å². The van der Waals surface area contributed by atoms with E-state index in [2.05, 4.69) is 15.3 Å². The van der Waals surface area contributed by atoms with E-state index in [1.807, 2.05) is 60.7 Å². The van der Waals surface area contributed by atoms with Gasteiger partial charge in [-0.05, 0) is 36.4 Å². The Morgan fingerprint density at radius 2 is 1.75 bits per heavy atom. The number of hydrogen-bond donors (Lipinski definition) is 1. The van der Waals surface area contributed by atoms with Gasteiger partial charge >= 0.3 is 0 Å². The summed E-state index contributed by atoms with van der Waals surface area (Å²) in [5, 5.41) is 12.3. The molecule has 7 heteroatoms. The highest BCUT2D eigenvalue weighted by Gasteiger charge is 2.31. The molecule has 1 atom stereocenters. The average Bonchev–Trinajstić information content (AvgIpc) is 3.10. The van der Waals surface area contributed by atoms with Crippen LogP contribution in [-0.2, 0) is 4.79 Å². The lowest BCUT2D eigenvalue weighted by molar-refractivity contribution is -0.117. The molecule has 1 fully saturated rings. The fourth-order valence-corrected chi connectivity index (χ4v) is 3.09. The first-order chi connectivity index (χ1) is 13.7. The maximum absolute atomic E-state index is 12.5. The topological polar surface area (TPSA) is 91.1 Å². The van der Waals surface area contributed by atoms with Crippen molar-refractivity contribution in [3.63, 3.8) is 0 Å². The van der Waals surface area contributed by atoms with Crippen molar-refractivity contribution in [2.45, 2.75) is 12.5 Å². The molecule has 3 aromatic rings. The summed E-state index contributed by atoms with van der Waals surface area (Å²) in [5.41, 5.74) is 1.02. The first kappa shape index (κ1) is 17.5. The third-order valence-electron chi connectivity index (χ3n) is 4.40. The molecule has 0 radical (unpaired) electrons. The van der Waals surface area contributed by atoms with Crippen LogP contribution in [0.5, 0.6) is 11.5 Å². The largest absolute Gasteiger partial charge is 0.457 e. The predicted octanol–water partition coefficient (Wildman–Crippen LogP) is 3.36. The molecule has 1 N–H and O–H groups in total. The minimum atomic E-state index is -0.142. The monoisotopic (exact) mass is 371 g/mol. The van der Waals surface area contributed by atoms with E-state index in [4.69, 9.17) is 10.00 Å². The van der Waals surface area contributed by atoms with Gasteiger partial charge in [-0.15, -0.1) is 0 Å². The molecule has 1 saturated heterocycles. The molecule has 0 spiro atoms. The molecular weight excluding hydrogens is 354 g/mol. The summed E-state index contributed by atoms with van der Waals surface area (Å²) in [6.45, 7) is 0.485. The highest BCUT2D eigenvalue weighted by Crippen LogP contribution is 2.27. The third-order valence-corrected chi connectivity index (χ3v) is 4.40. The average molecular weight is 371 g/mol. The molecule has 2 heterocycles. The Balaban J connectivity index is 1.43. The number of nitrogens with one attached hydrogen (secondary N) is 1. The highest BCUT2D eigenvalue weighted by atomic mass is 16.5. The maximum atomic E-state index is 12.5. The zero-order chi connectivity index (χ0) is 19.3. The van der Waals surface area contributed by atoms with Gasteiger partial charge in [0.1, 0.15) is 17.6 Å². The minimum absolute atomic E-state index is 0.0108. The molecule has 0 saturated carbocycles. The number of carbonyl (C=O) groups excluding carboxylic acids is 1. The van der Waals surface area contributed by atoms with Crippen LogP contribution in [0, 0.1) is 11.3 Å². The van der Waals surface area contributed by atoms with Gasteiger partial charge < -0.3 is 15.0 Å². The number of nitriles is 1. The minimum Gasteiger partial charge on any atom is -0.457 e. The van der Waals surface area contributed by atoms with Gasteiger partial charge in [-0.2, -0.15) is 5.26 Å². The van der Waals surface area contributed by atoms with Crippen LogP contribution in [0.3, 0.4) is 0 Å². The molecule has 1 amide bonds. The quantitative estimate of drug-likeness (QED) is 0.739. The van der Waals surface area contributed by atoms with Crippen molar-refractivity contribution in [1.82, 2.24) is 9.97 Å². The standard InChI is InChI=1S/C21H17N5O2/c22-13-19-21(24-11-10-23-19)25-15-12-20(27)26(14-15)16-6-8-18(9-7-16)28-17-4-2-1-3-5-17/h1-11,15H,12,14H2,(H,24,25). The van der Waals surface area contributed by atoms with Crippen LogP contribution in [0.4, 0.5) is 11.5 Å². The molecule has 138 valence electrons. The summed E-state index contributed by atoms with van der Waals surface area (Å²) < 4.78 is 5.79. The number of aromatic nitrogens is 2. The van der Waals surface area contributed by atoms with Crippen LogP contribution in [0.15, 0.2) is 67.0 Å². The normalized spacial score (nSPS) is 15.9. The summed E-state index contributed by atoms with van der Waals surface area (Å²) >= 11 is 0. The van der Waals surface area contributed by atoms with E-state index in [1.165, 1.54) is 12.4 Å². The maximum Gasteiger partial charge on any atom is 0.229 e. The van der Waals surface area contributed by atoms with Crippen molar-refractivity contribution in [3.8, 4) is 17.6 Å². The first-order valence-electron chi connectivity index (χ1n) is 8.84. The Labute approximate surface area is 162 Å². The molecule has 1 aliphatic heterocycles. The number of amides is 1. The molecule has 0 bridgehead atoms. The van der Waals surface area contributed by atoms with Crippen molar-refractivity contribution >= 4 is 17.4 Å². The zero-order valence-electron chi connectivity index (χ0n) is 14.9. The molecule has 1 aliphatic rings. The number of benzene rings is 2. The molecular formula is C21H17N5O2. The second-order valence-corrected chi connectivity index (χ2v) is 6.32. The first-order valence-corrected chi connectivity index (χ1v) is 8.84. The third kappa shape index (κ3) is 3.76. The molecule has 0 aliphatic carbocycles. The van der Waals surface area contributed by atoms with E-state index >= 15 is 0 Å². The van der Waals surface area contributed by atoms with Gasteiger partial charge in [0.25, 0.3) is 0 Å². The second kappa shape index (κ2) is 7.76. The zero-order valence-corrected chi connectivity index (χ0v) is 14.9. The van der Waals surface area contributed by atoms with E-state index in [1.54, 1.807) is 4.90 Å². The van der Waals surface area contributed by atoms with Crippen LogP contribution in [0.25, 0.3) is 0 Å². The van der Waals surface area contributed by atoms with Crippen LogP contribution in [-0.4, -0.2) is 28.5 Å². The molecule has 1 aromatic heterocycles. The van der Waals surface area contributed by atoms with Crippen LogP contribution in [0.1, 0.15) is 12.1 Å². The lowest BCUT2D eigenvalue weighted by Gasteiger charge is -2.18. The molecule has 4 rings (SSSR count). The Morgan fingerprint density at radius 3 is 2.50 bits per heavy atom. The Kier molecular flexibility index (Phi) is 4.85. The number of nitrogens with zero attached hydrogens (tertiary/aromatic N) is 4. The van der Waals surface area contributed by atoms with Gasteiger partial charge in [0.2, 0.25) is 5.91 Å². The summed E-state index contributed by atoms with van der Waals surface area (Å²) in [4.78, 5) is 22.3. The second-order valence-electron chi connectivity index (χ2n) is 6.32. The Bertz CT molecular complexity index is 1010. The lowest BCUT2D eigenvalue weighted by atomic mass is 10.2. The highest BCUT2D eigenvalue weighted by molar-refractivity contribution is 5.96. The fourth-order valence-electron chi connectivity index (χ4n) is 3.09. The SMILES string of the molecule is N#Cc1nccnc1NC1CC(=O)N(c2ccc(Oc3ccccc3)cc2)C1. The van der Waals surface area contributed by atoms with Gasteiger partial charge in [0.15, 0.2) is 11.5 Å². The van der Waals surface area contributed by atoms with Crippen molar-refractivity contribution < 1.29 is 9.53 Å². The summed E-state index contributed by atoms with van der Waals surface area (Å²) in [6.07, 6.45) is 3.31. The predicted molar refractivity (Wildman–Crippen MR) is 104 cm³/mol. The number of anilines is 2. The van der Waals surface area contributed by atoms with E-state index in [-0.39, 0.29) is 17.6 Å². The van der Waals surface area contributed by atoms with Crippen LogP contribution < -0.4 is 15.0 Å². The van der Waals surface area contributed by atoms with Gasteiger partial charge in [0, 0.05) is 31.0 Å². The number of ether oxygens (including phenoxy) is 1. The van der Waals surface area contributed by atoms with Crippen molar-refractivity contribution in [3.05, 3.63) is 72.7 Å². The Hall–Kier alpha value is -3.92. The number of carbonyl (C=O) groups is 1. The van der Waals surface area contributed by atoms with Gasteiger partial charge in [0.05, 0.1) is 6.04 Å². The summed E-state index contributed by atoms with van der Waals surface area (Å²) in [5.74, 6) is 1.87. The van der Waals surface area contributed by atoms with E-state index in [0.717, 1.165) is 11.4 Å². The number of para-hydroxylation sites is 1. The van der Waals surface area contributed by atoms with E-state index < -0.39 is 0 Å². The summed E-state index contributed by atoms with van der Waals surface area (Å²) in [6, 6.07) is 18.8. The fraction of sp³-hybridized carbons (Fsp3) is 0.143. The number of rotatable bonds is 5. The van der Waals surface area contributed by atoms with Crippen molar-refractivity contribution in [2.24, 2.45) is 0 Å². The smallest absolute Gasteiger partial charge is 0.229 e. The van der Waals surface area contributed by atoms with E-state index in [0.29, 0.717) is 24.5 Å².